The Balaban J connectivity index is 2.19. The van der Waals surface area contributed by atoms with Gasteiger partial charge in [-0.2, -0.15) is 4.98 Å². The summed E-state index contributed by atoms with van der Waals surface area (Å²) < 4.78 is 5.38. The first kappa shape index (κ1) is 15.9. The van der Waals surface area contributed by atoms with Gasteiger partial charge in [0.25, 0.3) is 0 Å². The van der Waals surface area contributed by atoms with E-state index in [0.717, 1.165) is 17.7 Å². The molecule has 2 rings (SSSR count). The molecule has 4 nitrogen and oxygen atoms in total. The molecule has 0 bridgehead atoms. The third-order valence-corrected chi connectivity index (χ3v) is 3.85. The zero-order chi connectivity index (χ0) is 15.4. The molecule has 2 aromatic rings. The first-order valence-corrected chi connectivity index (χ1v) is 7.31. The van der Waals surface area contributed by atoms with Crippen LogP contribution in [0.25, 0.3) is 0 Å². The molecule has 0 fully saturated rings. The van der Waals surface area contributed by atoms with Gasteiger partial charge in [-0.05, 0) is 36.6 Å². The van der Waals surface area contributed by atoms with Gasteiger partial charge in [0.15, 0.2) is 5.82 Å². The van der Waals surface area contributed by atoms with Crippen molar-refractivity contribution >= 4 is 29.0 Å². The minimum Gasteiger partial charge on any atom is -0.496 e. The maximum Gasteiger partial charge on any atom is 0.224 e. The van der Waals surface area contributed by atoms with Crippen LogP contribution >= 0.6 is 23.2 Å². The quantitative estimate of drug-likeness (QED) is 0.782. The van der Waals surface area contributed by atoms with E-state index in [9.17, 15) is 0 Å². The first-order chi connectivity index (χ1) is 10.0. The summed E-state index contributed by atoms with van der Waals surface area (Å²) in [7, 11) is 3.61. The Bertz CT molecular complexity index is 622. The van der Waals surface area contributed by atoms with Gasteiger partial charge in [-0.15, -0.1) is 0 Å². The van der Waals surface area contributed by atoms with E-state index in [1.54, 1.807) is 7.11 Å². The average molecular weight is 326 g/mol. The van der Waals surface area contributed by atoms with Crippen molar-refractivity contribution in [1.29, 1.82) is 0 Å². The van der Waals surface area contributed by atoms with Crippen LogP contribution in [0.3, 0.4) is 0 Å². The number of anilines is 1. The van der Waals surface area contributed by atoms with Crippen LogP contribution in [0.5, 0.6) is 5.75 Å². The number of methoxy groups -OCH3 is 1. The van der Waals surface area contributed by atoms with Crippen LogP contribution in [-0.4, -0.2) is 30.2 Å². The van der Waals surface area contributed by atoms with Crippen LogP contribution in [-0.2, 0) is 6.42 Å². The first-order valence-electron chi connectivity index (χ1n) is 6.55. The highest BCUT2D eigenvalue weighted by Crippen LogP contribution is 2.26. The summed E-state index contributed by atoms with van der Waals surface area (Å²) in [4.78, 5) is 10.1. The van der Waals surface area contributed by atoms with E-state index in [-0.39, 0.29) is 11.3 Å². The molecular formula is C15H17Cl2N3O. The van der Waals surface area contributed by atoms with Crippen molar-refractivity contribution < 1.29 is 4.74 Å². The van der Waals surface area contributed by atoms with Crippen molar-refractivity contribution in [2.45, 2.75) is 19.4 Å². The minimum absolute atomic E-state index is 0.171. The Labute approximate surface area is 134 Å². The molecule has 1 aromatic heterocycles. The normalized spacial score (nSPS) is 12.0. The third kappa shape index (κ3) is 3.77. The summed E-state index contributed by atoms with van der Waals surface area (Å²) in [6.07, 6.45) is 2.32. The summed E-state index contributed by atoms with van der Waals surface area (Å²) in [5.41, 5.74) is 1.13. The number of likely N-dealkylation sites (N-methyl/N-ethyl adjacent to an activating group) is 1. The van der Waals surface area contributed by atoms with Crippen LogP contribution in [0, 0.1) is 0 Å². The van der Waals surface area contributed by atoms with Crippen molar-refractivity contribution in [3.05, 3.63) is 46.3 Å². The lowest BCUT2D eigenvalue weighted by Gasteiger charge is -2.27. The second-order valence-electron chi connectivity index (χ2n) is 4.79. The van der Waals surface area contributed by atoms with Crippen LogP contribution < -0.4 is 9.64 Å². The smallest absolute Gasteiger partial charge is 0.224 e. The Morgan fingerprint density at radius 2 is 2.00 bits per heavy atom. The highest BCUT2D eigenvalue weighted by atomic mass is 35.5. The Hall–Kier alpha value is -1.52. The molecule has 1 heterocycles. The molecule has 1 aromatic carbocycles. The maximum atomic E-state index is 6.15. The van der Waals surface area contributed by atoms with Gasteiger partial charge in [0, 0.05) is 13.1 Å². The topological polar surface area (TPSA) is 38.2 Å². The van der Waals surface area contributed by atoms with Crippen molar-refractivity contribution in [2.75, 3.05) is 19.1 Å². The molecule has 6 heteroatoms. The highest BCUT2D eigenvalue weighted by molar-refractivity contribution is 6.33. The number of halogens is 2. The number of para-hydroxylation sites is 1. The molecule has 21 heavy (non-hydrogen) atoms. The molecular weight excluding hydrogens is 309 g/mol. The molecule has 0 radical (unpaired) electrons. The van der Waals surface area contributed by atoms with Gasteiger partial charge in [-0.1, -0.05) is 29.8 Å². The Morgan fingerprint density at radius 1 is 1.29 bits per heavy atom. The number of hydrogen-bond donors (Lipinski definition) is 0. The predicted octanol–water partition coefficient (Wildman–Crippen LogP) is 3.86. The second kappa shape index (κ2) is 6.96. The van der Waals surface area contributed by atoms with E-state index in [2.05, 4.69) is 23.0 Å². The fourth-order valence-corrected chi connectivity index (χ4v) is 2.47. The van der Waals surface area contributed by atoms with E-state index in [1.807, 2.05) is 30.1 Å². The van der Waals surface area contributed by atoms with E-state index >= 15 is 0 Å². The van der Waals surface area contributed by atoms with E-state index in [1.165, 1.54) is 6.20 Å². The summed E-state index contributed by atoms with van der Waals surface area (Å²) in [6, 6.07) is 8.13. The maximum absolute atomic E-state index is 6.15. The largest absolute Gasteiger partial charge is 0.496 e. The lowest BCUT2D eigenvalue weighted by atomic mass is 10.1. The lowest BCUT2D eigenvalue weighted by molar-refractivity contribution is 0.408. The minimum atomic E-state index is 0.171. The van der Waals surface area contributed by atoms with Crippen molar-refractivity contribution in [1.82, 2.24) is 9.97 Å². The fourth-order valence-electron chi connectivity index (χ4n) is 2.12. The average Bonchev–Trinajstić information content (AvgIpc) is 2.49. The second-order valence-corrected chi connectivity index (χ2v) is 5.53. The van der Waals surface area contributed by atoms with Gasteiger partial charge >= 0.3 is 0 Å². The summed E-state index contributed by atoms with van der Waals surface area (Å²) in [5.74, 6) is 1.50. The zero-order valence-corrected chi connectivity index (χ0v) is 13.7. The van der Waals surface area contributed by atoms with Gasteiger partial charge < -0.3 is 9.64 Å². The molecule has 112 valence electrons. The SMILES string of the molecule is COc1ccccc1CC(C)N(C)c1nc(Cl)ncc1Cl. The summed E-state index contributed by atoms with van der Waals surface area (Å²) in [6.45, 7) is 2.10. The number of nitrogens with zero attached hydrogens (tertiary/aromatic N) is 3. The lowest BCUT2D eigenvalue weighted by Crippen LogP contribution is -2.31. The number of hydrogen-bond acceptors (Lipinski definition) is 4. The van der Waals surface area contributed by atoms with E-state index < -0.39 is 0 Å². The van der Waals surface area contributed by atoms with Gasteiger partial charge in [0.2, 0.25) is 5.28 Å². The number of ether oxygens (including phenoxy) is 1. The molecule has 0 N–H and O–H groups in total. The fraction of sp³-hybridized carbons (Fsp3) is 0.333. The molecule has 0 aliphatic rings. The Morgan fingerprint density at radius 3 is 2.71 bits per heavy atom. The number of rotatable bonds is 5. The van der Waals surface area contributed by atoms with Crippen molar-refractivity contribution in [3.63, 3.8) is 0 Å². The van der Waals surface area contributed by atoms with Crippen LogP contribution in [0.15, 0.2) is 30.5 Å². The zero-order valence-electron chi connectivity index (χ0n) is 12.2. The molecule has 0 aliphatic carbocycles. The van der Waals surface area contributed by atoms with Crippen LogP contribution in [0.2, 0.25) is 10.3 Å². The van der Waals surface area contributed by atoms with E-state index in [0.29, 0.717) is 10.8 Å². The van der Waals surface area contributed by atoms with Crippen LogP contribution in [0.1, 0.15) is 12.5 Å². The molecule has 0 amide bonds. The summed E-state index contributed by atoms with van der Waals surface area (Å²) >= 11 is 12.0. The molecule has 0 aliphatic heterocycles. The van der Waals surface area contributed by atoms with Gasteiger partial charge in [-0.3, -0.25) is 0 Å². The molecule has 1 unspecified atom stereocenters. The molecule has 0 saturated heterocycles. The monoisotopic (exact) mass is 325 g/mol. The highest BCUT2D eigenvalue weighted by Gasteiger charge is 2.17. The number of aromatic nitrogens is 2. The van der Waals surface area contributed by atoms with Gasteiger partial charge in [0.05, 0.1) is 13.3 Å². The predicted molar refractivity (Wildman–Crippen MR) is 86.6 cm³/mol. The van der Waals surface area contributed by atoms with E-state index in [4.69, 9.17) is 27.9 Å². The molecule has 0 spiro atoms. The number of benzene rings is 1. The Kier molecular flexibility index (Phi) is 5.26. The van der Waals surface area contributed by atoms with Gasteiger partial charge in [0.1, 0.15) is 10.8 Å². The van der Waals surface area contributed by atoms with Crippen LogP contribution in [0.4, 0.5) is 5.82 Å². The van der Waals surface area contributed by atoms with Gasteiger partial charge in [-0.25, -0.2) is 4.98 Å². The third-order valence-electron chi connectivity index (χ3n) is 3.40. The van der Waals surface area contributed by atoms with Crippen molar-refractivity contribution in [3.8, 4) is 5.75 Å². The molecule has 1 atom stereocenters. The standard InChI is InChI=1S/C15H17Cl2N3O/c1-10(8-11-6-4-5-7-13(11)21-3)20(2)14-12(16)9-18-15(17)19-14/h4-7,9-10H,8H2,1-3H3. The van der Waals surface area contributed by atoms with Crippen molar-refractivity contribution in [2.24, 2.45) is 0 Å². The molecule has 0 saturated carbocycles. The summed E-state index contributed by atoms with van der Waals surface area (Å²) in [5, 5.41) is 0.666.